The van der Waals surface area contributed by atoms with E-state index >= 15 is 0 Å². The topological polar surface area (TPSA) is 47.7 Å². The monoisotopic (exact) mass is 298 g/mol. The van der Waals surface area contributed by atoms with Gasteiger partial charge in [-0.2, -0.15) is 0 Å². The molecule has 0 aliphatic carbocycles. The smallest absolute Gasteiger partial charge is 0.161 e. The Hall–Kier alpha value is -2.20. The van der Waals surface area contributed by atoms with E-state index in [1.807, 2.05) is 12.1 Å². The number of ether oxygens (including phenoxy) is 2. The number of methoxy groups -OCH3 is 2. The summed E-state index contributed by atoms with van der Waals surface area (Å²) in [4.78, 5) is 2.44. The molecule has 2 aromatic rings. The molecule has 1 aliphatic heterocycles. The highest BCUT2D eigenvalue weighted by atomic mass is 16.5. The van der Waals surface area contributed by atoms with Crippen LogP contribution in [0.1, 0.15) is 16.7 Å². The lowest BCUT2D eigenvalue weighted by atomic mass is 10.1. The number of rotatable bonds is 5. The molecule has 4 heteroatoms. The average molecular weight is 298 g/mol. The van der Waals surface area contributed by atoms with Gasteiger partial charge in [0.1, 0.15) is 0 Å². The first kappa shape index (κ1) is 14.7. The van der Waals surface area contributed by atoms with E-state index in [0.29, 0.717) is 0 Å². The maximum Gasteiger partial charge on any atom is 0.161 e. The summed E-state index contributed by atoms with van der Waals surface area (Å²) in [6.45, 7) is 2.96. The van der Waals surface area contributed by atoms with Gasteiger partial charge in [-0.1, -0.05) is 12.1 Å². The molecule has 0 atom stereocenters. The largest absolute Gasteiger partial charge is 0.493 e. The molecule has 2 N–H and O–H groups in total. The summed E-state index contributed by atoms with van der Waals surface area (Å²) in [7, 11) is 3.36. The van der Waals surface area contributed by atoms with Crippen LogP contribution in [-0.2, 0) is 19.5 Å². The summed E-state index contributed by atoms with van der Waals surface area (Å²) < 4.78 is 10.8. The van der Waals surface area contributed by atoms with Crippen molar-refractivity contribution < 1.29 is 9.47 Å². The summed E-state index contributed by atoms with van der Waals surface area (Å²) >= 11 is 0. The second kappa shape index (κ2) is 6.28. The molecule has 4 nitrogen and oxygen atoms in total. The molecule has 0 amide bonds. The molecule has 0 bridgehead atoms. The second-order valence-corrected chi connectivity index (χ2v) is 5.68. The molecule has 0 radical (unpaired) electrons. The van der Waals surface area contributed by atoms with Gasteiger partial charge in [0.15, 0.2) is 11.5 Å². The zero-order chi connectivity index (χ0) is 15.5. The number of hydrogen-bond donors (Lipinski definition) is 1. The first-order chi connectivity index (χ1) is 10.7. The Morgan fingerprint density at radius 3 is 2.00 bits per heavy atom. The third-order valence-electron chi connectivity index (χ3n) is 4.19. The lowest BCUT2D eigenvalue weighted by Crippen LogP contribution is -2.19. The van der Waals surface area contributed by atoms with Crippen LogP contribution in [-0.4, -0.2) is 25.7 Å². The van der Waals surface area contributed by atoms with Gasteiger partial charge in [0.05, 0.1) is 14.2 Å². The number of nitrogens with zero attached hydrogens (tertiary/aromatic N) is 1. The van der Waals surface area contributed by atoms with Crippen molar-refractivity contribution in [3.05, 3.63) is 53.1 Å². The lowest BCUT2D eigenvalue weighted by Gasteiger charge is -2.14. The highest BCUT2D eigenvalue weighted by molar-refractivity contribution is 5.48. The first-order valence-electron chi connectivity index (χ1n) is 7.50. The van der Waals surface area contributed by atoms with Gasteiger partial charge < -0.3 is 15.2 Å². The molecule has 0 aromatic heterocycles. The predicted octanol–water partition coefficient (Wildman–Crippen LogP) is 2.84. The van der Waals surface area contributed by atoms with Crippen molar-refractivity contribution in [3.63, 3.8) is 0 Å². The van der Waals surface area contributed by atoms with Gasteiger partial charge in [-0.25, -0.2) is 0 Å². The normalized spacial score (nSPS) is 13.9. The predicted molar refractivity (Wildman–Crippen MR) is 88.2 cm³/mol. The van der Waals surface area contributed by atoms with E-state index in [0.717, 1.165) is 43.2 Å². The van der Waals surface area contributed by atoms with Gasteiger partial charge in [-0.3, -0.25) is 4.90 Å². The van der Waals surface area contributed by atoms with E-state index in [1.165, 1.54) is 16.7 Å². The lowest BCUT2D eigenvalue weighted by molar-refractivity contribution is 0.288. The average Bonchev–Trinajstić information content (AvgIpc) is 2.94. The molecule has 0 saturated heterocycles. The molecule has 2 aromatic carbocycles. The molecule has 0 fully saturated rings. The molecule has 116 valence electrons. The Balaban J connectivity index is 1.65. The van der Waals surface area contributed by atoms with Crippen LogP contribution < -0.4 is 15.2 Å². The summed E-state index contributed by atoms with van der Waals surface area (Å²) in [5.41, 5.74) is 10.5. The van der Waals surface area contributed by atoms with Gasteiger partial charge in [-0.15, -0.1) is 0 Å². The molecule has 0 unspecified atom stereocenters. The van der Waals surface area contributed by atoms with Crippen LogP contribution in [0.2, 0.25) is 0 Å². The van der Waals surface area contributed by atoms with Crippen LogP contribution in [0.25, 0.3) is 0 Å². The van der Waals surface area contributed by atoms with Crippen molar-refractivity contribution in [2.45, 2.75) is 19.5 Å². The van der Waals surface area contributed by atoms with Gasteiger partial charge in [0.2, 0.25) is 0 Å². The highest BCUT2D eigenvalue weighted by Gasteiger charge is 2.21. The fraction of sp³-hybridized carbons (Fsp3) is 0.333. The third kappa shape index (κ3) is 3.02. The molecular formula is C18H22N2O2. The van der Waals surface area contributed by atoms with Gasteiger partial charge >= 0.3 is 0 Å². The van der Waals surface area contributed by atoms with Crippen molar-refractivity contribution in [1.82, 2.24) is 4.90 Å². The second-order valence-electron chi connectivity index (χ2n) is 5.68. The number of anilines is 1. The van der Waals surface area contributed by atoms with Crippen molar-refractivity contribution >= 4 is 5.69 Å². The fourth-order valence-electron chi connectivity index (χ4n) is 2.92. The van der Waals surface area contributed by atoms with Crippen molar-refractivity contribution in [3.8, 4) is 11.5 Å². The standard InChI is InChI=1S/C18H22N2O2/c1-21-17-9-14-11-20(12-15(14)10-18(17)22-2)8-7-13-3-5-16(19)6-4-13/h3-6,9-10H,7-8,11-12,19H2,1-2H3. The minimum Gasteiger partial charge on any atom is -0.493 e. The van der Waals surface area contributed by atoms with E-state index in [1.54, 1.807) is 14.2 Å². The first-order valence-corrected chi connectivity index (χ1v) is 7.50. The van der Waals surface area contributed by atoms with E-state index in [2.05, 4.69) is 29.2 Å². The summed E-state index contributed by atoms with van der Waals surface area (Å²) in [6.07, 6.45) is 1.03. The van der Waals surface area contributed by atoms with Crippen LogP contribution in [0.3, 0.4) is 0 Å². The molecule has 3 rings (SSSR count). The minimum atomic E-state index is 0.807. The number of fused-ring (bicyclic) bond motifs is 1. The van der Waals surface area contributed by atoms with Crippen LogP contribution in [0.15, 0.2) is 36.4 Å². The van der Waals surface area contributed by atoms with E-state index in [-0.39, 0.29) is 0 Å². The quantitative estimate of drug-likeness (QED) is 0.862. The number of nitrogen functional groups attached to an aromatic ring is 1. The van der Waals surface area contributed by atoms with E-state index in [4.69, 9.17) is 15.2 Å². The number of nitrogens with two attached hydrogens (primary N) is 1. The van der Waals surface area contributed by atoms with Gasteiger partial charge in [-0.05, 0) is 47.4 Å². The summed E-state index contributed by atoms with van der Waals surface area (Å²) in [5, 5.41) is 0. The maximum absolute atomic E-state index is 5.72. The molecular weight excluding hydrogens is 276 g/mol. The molecule has 0 saturated carbocycles. The number of benzene rings is 2. The Kier molecular flexibility index (Phi) is 4.20. The summed E-state index contributed by atoms with van der Waals surface area (Å²) in [5.74, 6) is 1.61. The molecule has 1 aliphatic rings. The van der Waals surface area contributed by atoms with Crippen molar-refractivity contribution in [2.24, 2.45) is 0 Å². The minimum absolute atomic E-state index is 0.807. The molecule has 0 spiro atoms. The molecule has 22 heavy (non-hydrogen) atoms. The summed E-state index contributed by atoms with van der Waals surface area (Å²) in [6, 6.07) is 12.3. The Morgan fingerprint density at radius 2 is 1.50 bits per heavy atom. The fourth-order valence-corrected chi connectivity index (χ4v) is 2.92. The Labute approximate surface area is 131 Å². The van der Waals surface area contributed by atoms with Crippen LogP contribution >= 0.6 is 0 Å². The van der Waals surface area contributed by atoms with Gasteiger partial charge in [0, 0.05) is 25.3 Å². The van der Waals surface area contributed by atoms with Gasteiger partial charge in [0.25, 0.3) is 0 Å². The van der Waals surface area contributed by atoms with Crippen molar-refractivity contribution in [2.75, 3.05) is 26.5 Å². The Bertz CT molecular complexity index is 620. The van der Waals surface area contributed by atoms with Crippen LogP contribution in [0.5, 0.6) is 11.5 Å². The van der Waals surface area contributed by atoms with Crippen LogP contribution in [0.4, 0.5) is 5.69 Å². The zero-order valence-electron chi connectivity index (χ0n) is 13.1. The van der Waals surface area contributed by atoms with E-state index in [9.17, 15) is 0 Å². The van der Waals surface area contributed by atoms with Crippen molar-refractivity contribution in [1.29, 1.82) is 0 Å². The van der Waals surface area contributed by atoms with Crippen LogP contribution in [0, 0.1) is 0 Å². The Morgan fingerprint density at radius 1 is 0.955 bits per heavy atom. The van der Waals surface area contributed by atoms with E-state index < -0.39 is 0 Å². The number of hydrogen-bond acceptors (Lipinski definition) is 4. The zero-order valence-corrected chi connectivity index (χ0v) is 13.1. The molecule has 1 heterocycles. The maximum atomic E-state index is 5.72. The SMILES string of the molecule is COc1cc2c(cc1OC)CN(CCc1ccc(N)cc1)C2. The third-order valence-corrected chi connectivity index (χ3v) is 4.19. The highest BCUT2D eigenvalue weighted by Crippen LogP contribution is 2.34.